The molecule has 122 valence electrons. The standard InChI is InChI=1S/C16H19N3O3S/c1-4-10-19-15(12-6-8-13(9-7-12)22-5-2)17-18-16(19)23-11-14(20)21-3/h4,6-9H,1,5,10-11H2,2-3H3. The van der Waals surface area contributed by atoms with Crippen LogP contribution in [0.15, 0.2) is 42.1 Å². The Morgan fingerprint density at radius 1 is 1.35 bits per heavy atom. The lowest BCUT2D eigenvalue weighted by Crippen LogP contribution is -2.06. The second-order valence-electron chi connectivity index (χ2n) is 4.53. The summed E-state index contributed by atoms with van der Waals surface area (Å²) in [6.45, 7) is 6.89. The van der Waals surface area contributed by atoms with Crippen LogP contribution in [0.4, 0.5) is 0 Å². The van der Waals surface area contributed by atoms with Crippen molar-refractivity contribution in [2.24, 2.45) is 0 Å². The van der Waals surface area contributed by atoms with Crippen LogP contribution in [0.5, 0.6) is 5.75 Å². The zero-order chi connectivity index (χ0) is 16.7. The molecular formula is C16H19N3O3S. The van der Waals surface area contributed by atoms with Gasteiger partial charge in [0.2, 0.25) is 0 Å². The van der Waals surface area contributed by atoms with E-state index in [9.17, 15) is 4.79 Å². The Balaban J connectivity index is 2.25. The van der Waals surface area contributed by atoms with Crippen LogP contribution in [0.2, 0.25) is 0 Å². The van der Waals surface area contributed by atoms with Gasteiger partial charge in [-0.2, -0.15) is 0 Å². The van der Waals surface area contributed by atoms with Crippen LogP contribution in [-0.2, 0) is 16.1 Å². The van der Waals surface area contributed by atoms with Crippen molar-refractivity contribution in [3.63, 3.8) is 0 Å². The summed E-state index contributed by atoms with van der Waals surface area (Å²) in [6, 6.07) is 7.66. The Hall–Kier alpha value is -2.28. The Morgan fingerprint density at radius 3 is 2.70 bits per heavy atom. The van der Waals surface area contributed by atoms with Crippen LogP contribution in [0.25, 0.3) is 11.4 Å². The van der Waals surface area contributed by atoms with E-state index < -0.39 is 0 Å². The van der Waals surface area contributed by atoms with Gasteiger partial charge in [-0.1, -0.05) is 17.8 Å². The van der Waals surface area contributed by atoms with E-state index in [1.165, 1.54) is 18.9 Å². The highest BCUT2D eigenvalue weighted by Gasteiger charge is 2.15. The van der Waals surface area contributed by atoms with Crippen LogP contribution in [0.3, 0.4) is 0 Å². The summed E-state index contributed by atoms with van der Waals surface area (Å²) in [5.74, 6) is 1.42. The van der Waals surface area contributed by atoms with Crippen molar-refractivity contribution in [1.29, 1.82) is 0 Å². The highest BCUT2D eigenvalue weighted by Crippen LogP contribution is 2.25. The summed E-state index contributed by atoms with van der Waals surface area (Å²) in [4.78, 5) is 11.3. The summed E-state index contributed by atoms with van der Waals surface area (Å²) in [6.07, 6.45) is 1.77. The first kappa shape index (κ1) is 17.1. The first-order valence-electron chi connectivity index (χ1n) is 7.16. The number of benzene rings is 1. The van der Waals surface area contributed by atoms with Crippen molar-refractivity contribution in [1.82, 2.24) is 14.8 Å². The normalized spacial score (nSPS) is 10.3. The second-order valence-corrected chi connectivity index (χ2v) is 5.47. The molecule has 1 aromatic carbocycles. The molecule has 0 bridgehead atoms. The smallest absolute Gasteiger partial charge is 0.316 e. The second kappa shape index (κ2) is 8.38. The predicted molar refractivity (Wildman–Crippen MR) is 89.6 cm³/mol. The first-order valence-corrected chi connectivity index (χ1v) is 8.15. The van der Waals surface area contributed by atoms with Gasteiger partial charge < -0.3 is 9.47 Å². The van der Waals surface area contributed by atoms with Crippen molar-refractivity contribution in [2.45, 2.75) is 18.6 Å². The molecule has 0 radical (unpaired) electrons. The molecule has 6 nitrogen and oxygen atoms in total. The third-order valence-corrected chi connectivity index (χ3v) is 3.94. The van der Waals surface area contributed by atoms with Crippen LogP contribution < -0.4 is 4.74 Å². The van der Waals surface area contributed by atoms with Gasteiger partial charge in [0.25, 0.3) is 0 Å². The molecule has 2 aromatic rings. The Labute approximate surface area is 139 Å². The third-order valence-electron chi connectivity index (χ3n) is 3.00. The number of aromatic nitrogens is 3. The molecule has 0 N–H and O–H groups in total. The Kier molecular flexibility index (Phi) is 6.22. The van der Waals surface area contributed by atoms with Crippen molar-refractivity contribution in [3.05, 3.63) is 36.9 Å². The highest BCUT2D eigenvalue weighted by molar-refractivity contribution is 7.99. The third kappa shape index (κ3) is 4.35. The number of carbonyl (C=O) groups is 1. The van der Waals surface area contributed by atoms with Gasteiger partial charge in [-0.05, 0) is 31.2 Å². The lowest BCUT2D eigenvalue weighted by molar-refractivity contribution is -0.137. The fraction of sp³-hybridized carbons (Fsp3) is 0.312. The number of thioether (sulfide) groups is 1. The fourth-order valence-corrected chi connectivity index (χ4v) is 2.73. The number of nitrogens with zero attached hydrogens (tertiary/aromatic N) is 3. The molecule has 1 aromatic heterocycles. The van der Waals surface area contributed by atoms with Gasteiger partial charge in [0.05, 0.1) is 19.5 Å². The van der Waals surface area contributed by atoms with Gasteiger partial charge in [-0.15, -0.1) is 16.8 Å². The van der Waals surface area contributed by atoms with E-state index in [-0.39, 0.29) is 11.7 Å². The number of hydrogen-bond acceptors (Lipinski definition) is 6. The molecule has 0 aliphatic rings. The molecule has 0 spiro atoms. The van der Waals surface area contributed by atoms with Crippen molar-refractivity contribution >= 4 is 17.7 Å². The molecule has 0 atom stereocenters. The largest absolute Gasteiger partial charge is 0.494 e. The minimum absolute atomic E-state index is 0.190. The Morgan fingerprint density at radius 2 is 2.09 bits per heavy atom. The molecule has 1 heterocycles. The molecule has 7 heteroatoms. The Bertz CT molecular complexity index is 668. The molecule has 0 aliphatic carbocycles. The molecule has 0 saturated carbocycles. The molecule has 0 aliphatic heterocycles. The van der Waals surface area contributed by atoms with Gasteiger partial charge in [-0.25, -0.2) is 0 Å². The summed E-state index contributed by atoms with van der Waals surface area (Å²) in [5.41, 5.74) is 0.924. The van der Waals surface area contributed by atoms with E-state index in [0.717, 1.165) is 17.1 Å². The number of ether oxygens (including phenoxy) is 2. The van der Waals surface area contributed by atoms with E-state index in [0.29, 0.717) is 18.3 Å². The summed E-state index contributed by atoms with van der Waals surface area (Å²) >= 11 is 1.29. The van der Waals surface area contributed by atoms with Crippen LogP contribution in [-0.4, -0.2) is 40.2 Å². The van der Waals surface area contributed by atoms with Crippen LogP contribution in [0, 0.1) is 0 Å². The minimum Gasteiger partial charge on any atom is -0.494 e. The number of methoxy groups -OCH3 is 1. The van der Waals surface area contributed by atoms with Gasteiger partial charge in [0.1, 0.15) is 5.75 Å². The van der Waals surface area contributed by atoms with E-state index in [1.54, 1.807) is 6.08 Å². The van der Waals surface area contributed by atoms with Gasteiger partial charge in [0, 0.05) is 12.1 Å². The average molecular weight is 333 g/mol. The van der Waals surface area contributed by atoms with Gasteiger partial charge in [0.15, 0.2) is 11.0 Å². The zero-order valence-corrected chi connectivity index (χ0v) is 14.0. The first-order chi connectivity index (χ1) is 11.2. The maximum Gasteiger partial charge on any atom is 0.316 e. The van der Waals surface area contributed by atoms with Crippen molar-refractivity contribution in [3.8, 4) is 17.1 Å². The lowest BCUT2D eigenvalue weighted by Gasteiger charge is -2.08. The maximum atomic E-state index is 11.3. The van der Waals surface area contributed by atoms with Crippen LogP contribution >= 0.6 is 11.8 Å². The van der Waals surface area contributed by atoms with Crippen molar-refractivity contribution < 1.29 is 14.3 Å². The number of esters is 1. The summed E-state index contributed by atoms with van der Waals surface area (Å²) in [7, 11) is 1.36. The molecule has 23 heavy (non-hydrogen) atoms. The average Bonchev–Trinajstić information content (AvgIpc) is 2.97. The summed E-state index contributed by atoms with van der Waals surface area (Å²) < 4.78 is 12.0. The van der Waals surface area contributed by atoms with Crippen LogP contribution in [0.1, 0.15) is 6.92 Å². The molecule has 2 rings (SSSR count). The topological polar surface area (TPSA) is 66.2 Å². The van der Waals surface area contributed by atoms with E-state index in [2.05, 4.69) is 21.5 Å². The number of hydrogen-bond donors (Lipinski definition) is 0. The van der Waals surface area contributed by atoms with E-state index in [4.69, 9.17) is 4.74 Å². The van der Waals surface area contributed by atoms with Gasteiger partial charge in [-0.3, -0.25) is 9.36 Å². The fourth-order valence-electron chi connectivity index (χ4n) is 1.95. The lowest BCUT2D eigenvalue weighted by atomic mass is 10.2. The number of allylic oxidation sites excluding steroid dienone is 1. The molecule has 0 amide bonds. The highest BCUT2D eigenvalue weighted by atomic mass is 32.2. The zero-order valence-electron chi connectivity index (χ0n) is 13.2. The minimum atomic E-state index is -0.300. The van der Waals surface area contributed by atoms with Crippen molar-refractivity contribution in [2.75, 3.05) is 19.5 Å². The predicted octanol–water partition coefficient (Wildman–Crippen LogP) is 2.79. The molecule has 0 saturated heterocycles. The number of carbonyl (C=O) groups excluding carboxylic acids is 1. The van der Waals surface area contributed by atoms with Gasteiger partial charge >= 0.3 is 5.97 Å². The summed E-state index contributed by atoms with van der Waals surface area (Å²) in [5, 5.41) is 9.05. The number of rotatable bonds is 8. The van der Waals surface area contributed by atoms with E-state index >= 15 is 0 Å². The SMILES string of the molecule is C=CCn1c(SCC(=O)OC)nnc1-c1ccc(OCC)cc1. The monoisotopic (exact) mass is 333 g/mol. The molecular weight excluding hydrogens is 314 g/mol. The van der Waals surface area contributed by atoms with E-state index in [1.807, 2.05) is 35.8 Å². The molecule has 0 unspecified atom stereocenters. The maximum absolute atomic E-state index is 11.3. The molecule has 0 fully saturated rings. The quantitative estimate of drug-likeness (QED) is 0.420.